The van der Waals surface area contributed by atoms with Crippen molar-refractivity contribution in [3.05, 3.63) is 47.1 Å². The summed E-state index contributed by atoms with van der Waals surface area (Å²) in [5.74, 6) is 0.118. The van der Waals surface area contributed by atoms with Gasteiger partial charge in [-0.3, -0.25) is 4.79 Å². The molecule has 1 fully saturated rings. The molecule has 1 aromatic carbocycles. The Balaban J connectivity index is 1.73. The SMILES string of the molecule is CC(C)N(Cc1ccc(-c2ccc(F)cc2)s1)C(=O)C1CCNC1. The zero-order valence-corrected chi connectivity index (χ0v) is 14.9. The summed E-state index contributed by atoms with van der Waals surface area (Å²) in [6.07, 6.45) is 0.924. The topological polar surface area (TPSA) is 32.3 Å². The summed E-state index contributed by atoms with van der Waals surface area (Å²) >= 11 is 1.67. The lowest BCUT2D eigenvalue weighted by Gasteiger charge is -2.28. The quantitative estimate of drug-likeness (QED) is 0.890. The fourth-order valence-electron chi connectivity index (χ4n) is 3.02. The number of carbonyl (C=O) groups excluding carboxylic acids is 1. The molecule has 0 aliphatic carbocycles. The molecule has 128 valence electrons. The van der Waals surface area contributed by atoms with Crippen LogP contribution in [0.5, 0.6) is 0 Å². The highest BCUT2D eigenvalue weighted by Crippen LogP contribution is 2.29. The number of amides is 1. The summed E-state index contributed by atoms with van der Waals surface area (Å²) in [5.41, 5.74) is 1.01. The second-order valence-electron chi connectivity index (χ2n) is 6.52. The molecule has 1 saturated heterocycles. The number of hydrogen-bond donors (Lipinski definition) is 1. The van der Waals surface area contributed by atoms with Gasteiger partial charge in [0, 0.05) is 22.3 Å². The van der Waals surface area contributed by atoms with Gasteiger partial charge >= 0.3 is 0 Å². The lowest BCUT2D eigenvalue weighted by Crippen LogP contribution is -2.40. The number of nitrogens with one attached hydrogen (secondary N) is 1. The maximum atomic E-state index is 13.1. The van der Waals surface area contributed by atoms with E-state index in [9.17, 15) is 9.18 Å². The van der Waals surface area contributed by atoms with Gasteiger partial charge in [-0.2, -0.15) is 0 Å². The third-order valence-corrected chi connectivity index (χ3v) is 5.55. The van der Waals surface area contributed by atoms with Gasteiger partial charge in [0.1, 0.15) is 5.82 Å². The minimum absolute atomic E-state index is 0.101. The summed E-state index contributed by atoms with van der Waals surface area (Å²) in [6, 6.07) is 10.8. The molecule has 0 saturated carbocycles. The van der Waals surface area contributed by atoms with Crippen LogP contribution in [0.2, 0.25) is 0 Å². The van der Waals surface area contributed by atoms with Crippen molar-refractivity contribution in [3.8, 4) is 10.4 Å². The molecule has 3 nitrogen and oxygen atoms in total. The summed E-state index contributed by atoms with van der Waals surface area (Å²) in [7, 11) is 0. The maximum Gasteiger partial charge on any atom is 0.227 e. The van der Waals surface area contributed by atoms with Crippen LogP contribution in [0.1, 0.15) is 25.1 Å². The molecule has 3 rings (SSSR count). The molecule has 1 N–H and O–H groups in total. The number of carbonyl (C=O) groups is 1. The summed E-state index contributed by atoms with van der Waals surface area (Å²) in [6.45, 7) is 6.48. The highest BCUT2D eigenvalue weighted by atomic mass is 32.1. The number of hydrogen-bond acceptors (Lipinski definition) is 3. The Labute approximate surface area is 146 Å². The van der Waals surface area contributed by atoms with Crippen LogP contribution in [0.4, 0.5) is 4.39 Å². The van der Waals surface area contributed by atoms with Crippen LogP contribution in [0, 0.1) is 11.7 Å². The zero-order valence-electron chi connectivity index (χ0n) is 14.1. The lowest BCUT2D eigenvalue weighted by molar-refractivity contribution is -0.137. The van der Waals surface area contributed by atoms with Crippen molar-refractivity contribution in [1.29, 1.82) is 0 Å². The van der Waals surface area contributed by atoms with Crippen LogP contribution in [0.15, 0.2) is 36.4 Å². The van der Waals surface area contributed by atoms with Gasteiger partial charge in [-0.15, -0.1) is 11.3 Å². The van der Waals surface area contributed by atoms with Crippen LogP contribution >= 0.6 is 11.3 Å². The summed E-state index contributed by atoms with van der Waals surface area (Å²) < 4.78 is 13.1. The molecule has 1 aliphatic heterocycles. The number of rotatable bonds is 5. The van der Waals surface area contributed by atoms with Crippen molar-refractivity contribution in [1.82, 2.24) is 10.2 Å². The third kappa shape index (κ3) is 3.84. The average Bonchev–Trinajstić information content (AvgIpc) is 3.24. The highest BCUT2D eigenvalue weighted by molar-refractivity contribution is 7.15. The Morgan fingerprint density at radius 3 is 2.67 bits per heavy atom. The predicted octanol–water partition coefficient (Wildman–Crippen LogP) is 3.90. The molecule has 1 unspecified atom stereocenters. The standard InChI is InChI=1S/C19H23FN2OS/c1-13(2)22(19(23)15-9-10-21-11-15)12-17-7-8-18(24-17)14-3-5-16(20)6-4-14/h3-8,13,15,21H,9-12H2,1-2H3. The van der Waals surface area contributed by atoms with Crippen LogP contribution in [-0.2, 0) is 11.3 Å². The van der Waals surface area contributed by atoms with E-state index in [4.69, 9.17) is 0 Å². The summed E-state index contributed by atoms with van der Waals surface area (Å²) in [4.78, 5) is 17.0. The highest BCUT2D eigenvalue weighted by Gasteiger charge is 2.28. The molecule has 0 spiro atoms. The minimum atomic E-state index is -0.225. The Hall–Kier alpha value is -1.72. The normalized spacial score (nSPS) is 17.4. The van der Waals surface area contributed by atoms with E-state index >= 15 is 0 Å². The Morgan fingerprint density at radius 2 is 2.04 bits per heavy atom. The predicted molar refractivity (Wildman–Crippen MR) is 96.4 cm³/mol. The van der Waals surface area contributed by atoms with Gasteiger partial charge in [0.25, 0.3) is 0 Å². The smallest absolute Gasteiger partial charge is 0.227 e. The number of benzene rings is 1. The monoisotopic (exact) mass is 346 g/mol. The van der Waals surface area contributed by atoms with Crippen LogP contribution in [-0.4, -0.2) is 29.9 Å². The fourth-order valence-corrected chi connectivity index (χ4v) is 4.03. The van der Waals surface area contributed by atoms with Gasteiger partial charge in [0.05, 0.1) is 12.5 Å². The number of thiophene rings is 1. The maximum absolute atomic E-state index is 13.1. The number of halogens is 1. The molecule has 5 heteroatoms. The Kier molecular flexibility index (Phi) is 5.31. The van der Waals surface area contributed by atoms with Crippen LogP contribution < -0.4 is 5.32 Å². The first-order valence-corrected chi connectivity index (χ1v) is 9.22. The average molecular weight is 346 g/mol. The molecule has 24 heavy (non-hydrogen) atoms. The molecule has 1 aliphatic rings. The zero-order chi connectivity index (χ0) is 17.1. The second-order valence-corrected chi connectivity index (χ2v) is 7.69. The van der Waals surface area contributed by atoms with Crippen molar-refractivity contribution in [2.75, 3.05) is 13.1 Å². The molecular weight excluding hydrogens is 323 g/mol. The molecular formula is C19H23FN2OS. The molecule has 2 aromatic rings. The largest absolute Gasteiger partial charge is 0.335 e. The Bertz CT molecular complexity index is 690. The molecule has 0 radical (unpaired) electrons. The fraction of sp³-hybridized carbons (Fsp3) is 0.421. The molecule has 2 heterocycles. The molecule has 0 bridgehead atoms. The first kappa shape index (κ1) is 17.1. The van der Waals surface area contributed by atoms with Crippen LogP contribution in [0.3, 0.4) is 0 Å². The van der Waals surface area contributed by atoms with E-state index in [-0.39, 0.29) is 23.7 Å². The van der Waals surface area contributed by atoms with E-state index in [1.165, 1.54) is 12.1 Å². The van der Waals surface area contributed by atoms with E-state index < -0.39 is 0 Å². The number of nitrogens with zero attached hydrogens (tertiary/aromatic N) is 1. The molecule has 1 aromatic heterocycles. The van der Waals surface area contributed by atoms with Gasteiger partial charge in [-0.05, 0) is 56.6 Å². The van der Waals surface area contributed by atoms with Crippen molar-refractivity contribution in [2.45, 2.75) is 32.9 Å². The third-order valence-electron chi connectivity index (χ3n) is 4.43. The van der Waals surface area contributed by atoms with Crippen LogP contribution in [0.25, 0.3) is 10.4 Å². The van der Waals surface area contributed by atoms with Crippen molar-refractivity contribution in [2.24, 2.45) is 5.92 Å². The van der Waals surface area contributed by atoms with Gasteiger partial charge in [-0.1, -0.05) is 12.1 Å². The first-order chi connectivity index (χ1) is 11.5. The van der Waals surface area contributed by atoms with Gasteiger partial charge in [0.2, 0.25) is 5.91 Å². The Morgan fingerprint density at radius 1 is 1.29 bits per heavy atom. The van der Waals surface area contributed by atoms with Gasteiger partial charge in [-0.25, -0.2) is 4.39 Å². The second kappa shape index (κ2) is 7.45. The van der Waals surface area contributed by atoms with E-state index in [1.54, 1.807) is 23.5 Å². The van der Waals surface area contributed by atoms with Gasteiger partial charge in [0.15, 0.2) is 0 Å². The van der Waals surface area contributed by atoms with Crippen molar-refractivity contribution in [3.63, 3.8) is 0 Å². The molecule has 1 amide bonds. The minimum Gasteiger partial charge on any atom is -0.335 e. The van der Waals surface area contributed by atoms with E-state index in [2.05, 4.69) is 25.2 Å². The van der Waals surface area contributed by atoms with Crippen molar-refractivity contribution < 1.29 is 9.18 Å². The van der Waals surface area contributed by atoms with Gasteiger partial charge < -0.3 is 10.2 Å². The van der Waals surface area contributed by atoms with E-state index in [0.29, 0.717) is 6.54 Å². The van der Waals surface area contributed by atoms with E-state index in [0.717, 1.165) is 34.8 Å². The summed E-state index contributed by atoms with van der Waals surface area (Å²) in [5, 5.41) is 3.27. The van der Waals surface area contributed by atoms with Crippen molar-refractivity contribution >= 4 is 17.2 Å². The molecule has 1 atom stereocenters. The lowest BCUT2D eigenvalue weighted by atomic mass is 10.1. The van der Waals surface area contributed by atoms with E-state index in [1.807, 2.05) is 11.0 Å². The first-order valence-electron chi connectivity index (χ1n) is 8.40.